The Hall–Kier alpha value is -0.0500. The summed E-state index contributed by atoms with van der Waals surface area (Å²) >= 11 is 0. The first kappa shape index (κ1) is 17.0. The lowest BCUT2D eigenvalue weighted by atomic mass is 9.95. The van der Waals surface area contributed by atoms with Crippen molar-refractivity contribution in [3.63, 3.8) is 0 Å². The van der Waals surface area contributed by atoms with Gasteiger partial charge in [-0.1, -0.05) is 26.2 Å². The lowest BCUT2D eigenvalue weighted by Gasteiger charge is -2.40. The average molecular weight is 300 g/mol. The van der Waals surface area contributed by atoms with Crippen LogP contribution in [0.25, 0.3) is 0 Å². The van der Waals surface area contributed by atoms with Gasteiger partial charge in [-0.15, -0.1) is 0 Å². The maximum absolute atomic E-state index is 10.7. The zero-order chi connectivity index (χ0) is 14.6. The van der Waals surface area contributed by atoms with Gasteiger partial charge in [0.05, 0.1) is 6.10 Å². The van der Waals surface area contributed by atoms with Gasteiger partial charge in [0.2, 0.25) is 0 Å². The highest BCUT2D eigenvalue weighted by Crippen LogP contribution is 2.40. The Morgan fingerprint density at radius 1 is 1.11 bits per heavy atom. The molecule has 0 unspecified atom stereocenters. The first-order chi connectivity index (χ1) is 8.76. The van der Waals surface area contributed by atoms with Gasteiger partial charge in [-0.25, -0.2) is 4.57 Å². The first-order valence-corrected chi connectivity index (χ1v) is 7.73. The largest absolute Gasteiger partial charge is 0.472 e. The van der Waals surface area contributed by atoms with Crippen molar-refractivity contribution < 1.29 is 38.9 Å². The van der Waals surface area contributed by atoms with E-state index in [1.165, 1.54) is 0 Å². The van der Waals surface area contributed by atoms with E-state index in [0.717, 1.165) is 19.3 Å². The topological polar surface area (TPSA) is 137 Å². The second-order valence-electron chi connectivity index (χ2n) is 4.61. The molecule has 1 aliphatic rings. The monoisotopic (exact) mass is 300 g/mol. The van der Waals surface area contributed by atoms with Crippen LogP contribution in [0.4, 0.5) is 0 Å². The number of aliphatic hydroxyl groups is 3. The van der Waals surface area contributed by atoms with Crippen LogP contribution in [0.15, 0.2) is 0 Å². The minimum absolute atomic E-state index is 0.403. The normalized spacial score (nSPS) is 36.4. The Bertz CT molecular complexity index is 319. The number of rotatable bonds is 6. The fourth-order valence-corrected chi connectivity index (χ4v) is 2.42. The quantitative estimate of drug-likeness (QED) is 0.326. The van der Waals surface area contributed by atoms with Gasteiger partial charge >= 0.3 is 7.82 Å². The van der Waals surface area contributed by atoms with Gasteiger partial charge < -0.3 is 29.8 Å². The highest BCUT2D eigenvalue weighted by Gasteiger charge is 2.46. The summed E-state index contributed by atoms with van der Waals surface area (Å²) in [4.78, 5) is 17.4. The molecule has 8 nitrogen and oxygen atoms in total. The van der Waals surface area contributed by atoms with Crippen molar-refractivity contribution >= 4 is 7.82 Å². The van der Waals surface area contributed by atoms with E-state index in [-0.39, 0.29) is 0 Å². The van der Waals surface area contributed by atoms with E-state index < -0.39 is 38.5 Å². The number of hydrogen-bond acceptors (Lipinski definition) is 6. The summed E-state index contributed by atoms with van der Waals surface area (Å²) in [5, 5.41) is 28.9. The summed E-state index contributed by atoms with van der Waals surface area (Å²) in [5.41, 5.74) is 0. The van der Waals surface area contributed by atoms with Gasteiger partial charge in [0.15, 0.2) is 6.29 Å². The summed E-state index contributed by atoms with van der Waals surface area (Å²) < 4.78 is 20.1. The molecule has 0 saturated carbocycles. The fraction of sp³-hybridized carbons (Fsp3) is 1.00. The van der Waals surface area contributed by atoms with Crippen molar-refractivity contribution in [2.75, 3.05) is 0 Å². The van der Waals surface area contributed by atoms with Gasteiger partial charge in [0, 0.05) is 0 Å². The second kappa shape index (κ2) is 7.10. The van der Waals surface area contributed by atoms with Gasteiger partial charge in [-0.05, 0) is 6.42 Å². The molecule has 0 aromatic carbocycles. The lowest BCUT2D eigenvalue weighted by Crippen LogP contribution is -2.57. The minimum Gasteiger partial charge on any atom is -0.388 e. The fourth-order valence-electron chi connectivity index (χ4n) is 1.97. The highest BCUT2D eigenvalue weighted by molar-refractivity contribution is 7.46. The number of hydrogen-bond donors (Lipinski definition) is 5. The molecule has 1 fully saturated rings. The van der Waals surface area contributed by atoms with E-state index in [9.17, 15) is 19.9 Å². The van der Waals surface area contributed by atoms with E-state index in [2.05, 4.69) is 4.52 Å². The molecule has 9 heteroatoms. The van der Waals surface area contributed by atoms with Crippen molar-refractivity contribution in [3.8, 4) is 0 Å². The molecule has 0 bridgehead atoms. The summed E-state index contributed by atoms with van der Waals surface area (Å²) in [5.74, 6) is 0. The smallest absolute Gasteiger partial charge is 0.388 e. The van der Waals surface area contributed by atoms with Crippen molar-refractivity contribution in [2.24, 2.45) is 0 Å². The third kappa shape index (κ3) is 5.09. The number of unbranched alkanes of at least 4 members (excludes halogenated alkanes) is 2. The number of aliphatic hydroxyl groups excluding tert-OH is 3. The van der Waals surface area contributed by atoms with Gasteiger partial charge in [-0.2, -0.15) is 0 Å². The molecule has 1 rings (SSSR count). The molecule has 0 radical (unpaired) electrons. The number of phosphoric ester groups is 1. The molecule has 1 heterocycles. The summed E-state index contributed by atoms with van der Waals surface area (Å²) in [6.07, 6.45) is -4.12. The standard InChI is InChI=1S/C10H21O8P/c1-2-3-4-5-6-7(11)8(12)9(13)10(17-6)18-19(14,15)16/h6-13H,2-5H2,1H3,(H2,14,15,16)/t6-,7+,8+,9-,10-/m0/s1. The van der Waals surface area contributed by atoms with Crippen LogP contribution >= 0.6 is 7.82 Å². The van der Waals surface area contributed by atoms with Crippen molar-refractivity contribution in [1.29, 1.82) is 0 Å². The van der Waals surface area contributed by atoms with E-state index in [1.807, 2.05) is 6.92 Å². The van der Waals surface area contributed by atoms with Crippen molar-refractivity contribution in [3.05, 3.63) is 0 Å². The molecular formula is C10H21O8P. The van der Waals surface area contributed by atoms with E-state index in [0.29, 0.717) is 6.42 Å². The number of phosphoric acid groups is 1. The minimum atomic E-state index is -4.85. The van der Waals surface area contributed by atoms with Gasteiger partial charge in [0.25, 0.3) is 0 Å². The second-order valence-corrected chi connectivity index (χ2v) is 5.80. The molecule has 5 atom stereocenters. The Balaban J connectivity index is 2.65. The maximum atomic E-state index is 10.7. The number of ether oxygens (including phenoxy) is 1. The van der Waals surface area contributed by atoms with Crippen molar-refractivity contribution in [1.82, 2.24) is 0 Å². The van der Waals surface area contributed by atoms with Crippen LogP contribution in [-0.4, -0.2) is 55.8 Å². The Morgan fingerprint density at radius 3 is 2.26 bits per heavy atom. The van der Waals surface area contributed by atoms with E-state index in [4.69, 9.17) is 14.5 Å². The maximum Gasteiger partial charge on any atom is 0.472 e. The molecule has 0 aliphatic carbocycles. The average Bonchev–Trinajstić information content (AvgIpc) is 2.30. The van der Waals surface area contributed by atoms with Crippen LogP contribution in [0.3, 0.4) is 0 Å². The summed E-state index contributed by atoms with van der Waals surface area (Å²) in [7, 11) is -4.85. The molecule has 1 saturated heterocycles. The van der Waals surface area contributed by atoms with E-state index >= 15 is 0 Å². The van der Waals surface area contributed by atoms with Gasteiger partial charge in [-0.3, -0.25) is 4.52 Å². The highest BCUT2D eigenvalue weighted by atomic mass is 31.2. The molecule has 0 aromatic heterocycles. The predicted molar refractivity (Wildman–Crippen MR) is 64.0 cm³/mol. The third-order valence-electron chi connectivity index (χ3n) is 3.00. The summed E-state index contributed by atoms with van der Waals surface area (Å²) in [6.45, 7) is 2.00. The van der Waals surface area contributed by atoms with Crippen LogP contribution in [0.1, 0.15) is 32.6 Å². The van der Waals surface area contributed by atoms with Crippen LogP contribution in [0.2, 0.25) is 0 Å². The van der Waals surface area contributed by atoms with Crippen LogP contribution in [-0.2, 0) is 13.8 Å². The molecule has 0 spiro atoms. The molecule has 0 amide bonds. The SMILES string of the molecule is CCCCC[C@@H]1O[C@@H](OP(=O)(O)O)[C@@H](O)[C@H](O)[C@@H]1O. The third-order valence-corrected chi connectivity index (χ3v) is 3.48. The van der Waals surface area contributed by atoms with Crippen LogP contribution < -0.4 is 0 Å². The zero-order valence-corrected chi connectivity index (χ0v) is 11.5. The Kier molecular flexibility index (Phi) is 6.35. The van der Waals surface area contributed by atoms with Crippen LogP contribution in [0.5, 0.6) is 0 Å². The molecule has 114 valence electrons. The predicted octanol–water partition coefficient (Wildman–Crippen LogP) is -0.516. The van der Waals surface area contributed by atoms with Crippen molar-refractivity contribution in [2.45, 2.75) is 63.3 Å². The Morgan fingerprint density at radius 2 is 1.74 bits per heavy atom. The van der Waals surface area contributed by atoms with Crippen LogP contribution in [0, 0.1) is 0 Å². The molecule has 0 aromatic rings. The molecule has 1 aliphatic heterocycles. The molecule has 5 N–H and O–H groups in total. The Labute approximate surface area is 111 Å². The zero-order valence-electron chi connectivity index (χ0n) is 10.6. The summed E-state index contributed by atoms with van der Waals surface area (Å²) in [6, 6.07) is 0. The first-order valence-electron chi connectivity index (χ1n) is 6.20. The molecule has 19 heavy (non-hydrogen) atoms. The van der Waals surface area contributed by atoms with Gasteiger partial charge in [0.1, 0.15) is 18.3 Å². The molecular weight excluding hydrogens is 279 g/mol. The van der Waals surface area contributed by atoms with E-state index in [1.54, 1.807) is 0 Å². The lowest BCUT2D eigenvalue weighted by molar-refractivity contribution is -0.276.